The van der Waals surface area contributed by atoms with E-state index in [0.717, 1.165) is 36.4 Å². The third kappa shape index (κ3) is 1.65. The minimum absolute atomic E-state index is 0.294. The van der Waals surface area contributed by atoms with Crippen molar-refractivity contribution in [2.75, 3.05) is 18.9 Å². The highest BCUT2D eigenvalue weighted by Gasteiger charge is 2.21. The van der Waals surface area contributed by atoms with Crippen LogP contribution in [-0.2, 0) is 4.74 Å². The predicted molar refractivity (Wildman–Crippen MR) is 61.2 cm³/mol. The zero-order valence-corrected chi connectivity index (χ0v) is 8.98. The van der Waals surface area contributed by atoms with E-state index in [-0.39, 0.29) is 0 Å². The van der Waals surface area contributed by atoms with E-state index >= 15 is 0 Å². The molecule has 0 aliphatic carbocycles. The summed E-state index contributed by atoms with van der Waals surface area (Å²) in [5.41, 5.74) is 8.04. The second kappa shape index (κ2) is 3.79. The maximum Gasteiger partial charge on any atom is 0.200 e. The van der Waals surface area contributed by atoms with E-state index in [1.54, 1.807) is 0 Å². The topological polar surface area (TPSA) is 61.3 Å². The van der Waals surface area contributed by atoms with Gasteiger partial charge in [-0.1, -0.05) is 0 Å². The van der Waals surface area contributed by atoms with Crippen LogP contribution in [0.1, 0.15) is 24.7 Å². The average molecular weight is 218 g/mol. The number of rotatable bonds is 1. The van der Waals surface area contributed by atoms with Gasteiger partial charge in [0.05, 0.1) is 12.5 Å². The van der Waals surface area contributed by atoms with Gasteiger partial charge in [-0.15, -0.1) is 0 Å². The number of anilines is 1. The molecule has 84 valence electrons. The van der Waals surface area contributed by atoms with Crippen molar-refractivity contribution in [2.45, 2.75) is 18.8 Å². The van der Waals surface area contributed by atoms with Crippen LogP contribution in [0.2, 0.25) is 0 Å². The minimum Gasteiger partial charge on any atom is -0.440 e. The Balaban J connectivity index is 1.97. The Labute approximate surface area is 93.4 Å². The summed E-state index contributed by atoms with van der Waals surface area (Å²) in [5.74, 6) is 1.07. The van der Waals surface area contributed by atoms with Crippen LogP contribution in [0.3, 0.4) is 0 Å². The number of oxazole rings is 1. The Bertz CT molecular complexity index is 501. The molecule has 0 radical (unpaired) electrons. The maximum absolute atomic E-state index is 5.72. The van der Waals surface area contributed by atoms with Crippen molar-refractivity contribution in [3.63, 3.8) is 0 Å². The number of nitrogens with two attached hydrogens (primary N) is 1. The van der Waals surface area contributed by atoms with Crippen LogP contribution < -0.4 is 5.73 Å². The Kier molecular flexibility index (Phi) is 2.29. The smallest absolute Gasteiger partial charge is 0.200 e. The number of ether oxygens (including phenoxy) is 1. The number of hydrogen-bond donors (Lipinski definition) is 1. The van der Waals surface area contributed by atoms with Gasteiger partial charge in [0.25, 0.3) is 0 Å². The fourth-order valence-corrected chi connectivity index (χ4v) is 2.07. The lowest BCUT2D eigenvalue weighted by Crippen LogP contribution is -2.15. The summed E-state index contributed by atoms with van der Waals surface area (Å²) in [6.45, 7) is 1.56. The molecule has 2 heterocycles. The molecule has 0 bridgehead atoms. The minimum atomic E-state index is 0.294. The van der Waals surface area contributed by atoms with E-state index in [4.69, 9.17) is 14.9 Å². The molecule has 0 amide bonds. The van der Waals surface area contributed by atoms with Crippen LogP contribution in [0, 0.1) is 0 Å². The van der Waals surface area contributed by atoms with Crippen LogP contribution >= 0.6 is 0 Å². The molecule has 1 fully saturated rings. The molecule has 1 aromatic carbocycles. The van der Waals surface area contributed by atoms with Gasteiger partial charge in [0.1, 0.15) is 5.52 Å². The molecule has 2 N–H and O–H groups in total. The number of aromatic nitrogens is 1. The summed E-state index contributed by atoms with van der Waals surface area (Å²) < 4.78 is 11.1. The molecule has 16 heavy (non-hydrogen) atoms. The van der Waals surface area contributed by atoms with Gasteiger partial charge >= 0.3 is 0 Å². The number of nitrogens with zero attached hydrogens (tertiary/aromatic N) is 1. The predicted octanol–water partition coefficient (Wildman–Crippen LogP) is 2.30. The Morgan fingerprint density at radius 2 is 2.31 bits per heavy atom. The number of benzene rings is 1. The van der Waals surface area contributed by atoms with Crippen LogP contribution in [0.25, 0.3) is 11.1 Å². The van der Waals surface area contributed by atoms with Crippen molar-refractivity contribution < 1.29 is 9.15 Å². The Morgan fingerprint density at radius 3 is 3.12 bits per heavy atom. The van der Waals surface area contributed by atoms with Crippen LogP contribution in [-0.4, -0.2) is 18.2 Å². The van der Waals surface area contributed by atoms with Crippen molar-refractivity contribution in [1.29, 1.82) is 0 Å². The lowest BCUT2D eigenvalue weighted by Gasteiger charge is -2.18. The van der Waals surface area contributed by atoms with Crippen LogP contribution in [0.15, 0.2) is 22.6 Å². The second-order valence-corrected chi connectivity index (χ2v) is 4.19. The summed E-state index contributed by atoms with van der Waals surface area (Å²) in [6.07, 6.45) is 2.16. The quantitative estimate of drug-likeness (QED) is 0.746. The summed E-state index contributed by atoms with van der Waals surface area (Å²) in [4.78, 5) is 4.48. The molecule has 3 rings (SSSR count). The molecule has 1 aromatic heterocycles. The zero-order chi connectivity index (χ0) is 11.0. The molecule has 1 unspecified atom stereocenters. The summed E-state index contributed by atoms with van der Waals surface area (Å²) in [6, 6.07) is 5.54. The van der Waals surface area contributed by atoms with E-state index in [9.17, 15) is 0 Å². The summed E-state index contributed by atoms with van der Waals surface area (Å²) in [5, 5.41) is 0. The molecule has 1 aliphatic rings. The normalized spacial score (nSPS) is 21.4. The maximum atomic E-state index is 5.72. The fraction of sp³-hybridized carbons (Fsp3) is 0.417. The van der Waals surface area contributed by atoms with Gasteiger partial charge in [-0.05, 0) is 25.0 Å². The molecule has 2 aromatic rings. The largest absolute Gasteiger partial charge is 0.440 e. The number of fused-ring (bicyclic) bond motifs is 1. The third-order valence-corrected chi connectivity index (χ3v) is 2.94. The van der Waals surface area contributed by atoms with Crippen LogP contribution in [0.5, 0.6) is 0 Å². The number of nitrogen functional groups attached to an aromatic ring is 1. The van der Waals surface area contributed by atoms with Crippen molar-refractivity contribution in [2.24, 2.45) is 0 Å². The second-order valence-electron chi connectivity index (χ2n) is 4.19. The molecule has 4 nitrogen and oxygen atoms in total. The lowest BCUT2D eigenvalue weighted by atomic mass is 10.0. The SMILES string of the molecule is Nc1ccc2nc(C3CCCOC3)oc2c1. The number of hydrogen-bond acceptors (Lipinski definition) is 4. The highest BCUT2D eigenvalue weighted by molar-refractivity contribution is 5.76. The van der Waals surface area contributed by atoms with E-state index < -0.39 is 0 Å². The first-order valence-electron chi connectivity index (χ1n) is 5.56. The van der Waals surface area contributed by atoms with Gasteiger partial charge in [0.2, 0.25) is 5.89 Å². The molecule has 1 aliphatic heterocycles. The van der Waals surface area contributed by atoms with E-state index in [0.29, 0.717) is 18.2 Å². The van der Waals surface area contributed by atoms with Crippen molar-refractivity contribution in [3.05, 3.63) is 24.1 Å². The zero-order valence-electron chi connectivity index (χ0n) is 8.98. The molecule has 4 heteroatoms. The third-order valence-electron chi connectivity index (χ3n) is 2.94. The lowest BCUT2D eigenvalue weighted by molar-refractivity contribution is 0.0731. The van der Waals surface area contributed by atoms with Crippen molar-refractivity contribution in [1.82, 2.24) is 4.98 Å². The highest BCUT2D eigenvalue weighted by atomic mass is 16.5. The van der Waals surface area contributed by atoms with Crippen molar-refractivity contribution in [3.8, 4) is 0 Å². The standard InChI is InChI=1S/C12H14N2O2/c13-9-3-4-10-11(6-9)16-12(14-10)8-2-1-5-15-7-8/h3-4,6,8H,1-2,5,7,13H2. The highest BCUT2D eigenvalue weighted by Crippen LogP contribution is 2.28. The molecule has 1 saturated heterocycles. The molecule has 1 atom stereocenters. The monoisotopic (exact) mass is 218 g/mol. The molecular formula is C12H14N2O2. The molecule has 0 spiro atoms. The Hall–Kier alpha value is -1.55. The molecular weight excluding hydrogens is 204 g/mol. The van der Waals surface area contributed by atoms with Gasteiger partial charge in [-0.3, -0.25) is 0 Å². The van der Waals surface area contributed by atoms with Gasteiger partial charge in [0.15, 0.2) is 5.58 Å². The van der Waals surface area contributed by atoms with E-state index in [1.165, 1.54) is 0 Å². The van der Waals surface area contributed by atoms with E-state index in [1.807, 2.05) is 18.2 Å². The van der Waals surface area contributed by atoms with Gasteiger partial charge in [0, 0.05) is 18.4 Å². The van der Waals surface area contributed by atoms with Gasteiger partial charge in [-0.25, -0.2) is 4.98 Å². The first kappa shape index (κ1) is 9.66. The first-order valence-corrected chi connectivity index (χ1v) is 5.56. The summed E-state index contributed by atoms with van der Waals surface area (Å²) >= 11 is 0. The van der Waals surface area contributed by atoms with E-state index in [2.05, 4.69) is 4.98 Å². The average Bonchev–Trinajstić information content (AvgIpc) is 2.73. The fourth-order valence-electron chi connectivity index (χ4n) is 2.07. The first-order chi connectivity index (χ1) is 7.83. The molecule has 0 saturated carbocycles. The summed E-state index contributed by atoms with van der Waals surface area (Å²) in [7, 11) is 0. The van der Waals surface area contributed by atoms with Crippen molar-refractivity contribution >= 4 is 16.8 Å². The van der Waals surface area contributed by atoms with Crippen LogP contribution in [0.4, 0.5) is 5.69 Å². The van der Waals surface area contributed by atoms with Gasteiger partial charge < -0.3 is 14.9 Å². The Morgan fingerprint density at radius 1 is 1.38 bits per heavy atom. The van der Waals surface area contributed by atoms with Gasteiger partial charge in [-0.2, -0.15) is 0 Å².